The van der Waals surface area contributed by atoms with E-state index in [2.05, 4.69) is 14.9 Å². The third-order valence-electron chi connectivity index (χ3n) is 5.42. The van der Waals surface area contributed by atoms with Crippen molar-refractivity contribution in [1.29, 1.82) is 0 Å². The largest absolute Gasteiger partial charge is 0.504 e. The van der Waals surface area contributed by atoms with Crippen molar-refractivity contribution in [2.45, 2.75) is 11.4 Å². The van der Waals surface area contributed by atoms with Crippen LogP contribution in [-0.2, 0) is 21.3 Å². The first-order valence-electron chi connectivity index (χ1n) is 10.6. The molecule has 1 aliphatic heterocycles. The van der Waals surface area contributed by atoms with Gasteiger partial charge in [0.1, 0.15) is 0 Å². The SMILES string of the molecule is COc1cccc(CNc2ccc(S(=O)(=O)Nc3cccc(N4CCOCC4)c3)cc2)c1O. The van der Waals surface area contributed by atoms with E-state index in [0.29, 0.717) is 36.8 Å². The first-order chi connectivity index (χ1) is 16.0. The summed E-state index contributed by atoms with van der Waals surface area (Å²) < 4.78 is 38.9. The molecule has 1 saturated heterocycles. The van der Waals surface area contributed by atoms with Crippen LogP contribution in [0.3, 0.4) is 0 Å². The van der Waals surface area contributed by atoms with E-state index < -0.39 is 10.0 Å². The number of ether oxygens (including phenoxy) is 2. The first-order valence-corrected chi connectivity index (χ1v) is 12.1. The number of nitrogens with one attached hydrogen (secondary N) is 2. The molecule has 3 aromatic rings. The summed E-state index contributed by atoms with van der Waals surface area (Å²) in [7, 11) is -2.24. The Morgan fingerprint density at radius 3 is 2.45 bits per heavy atom. The minimum atomic E-state index is -3.74. The van der Waals surface area contributed by atoms with E-state index in [1.165, 1.54) is 7.11 Å². The lowest BCUT2D eigenvalue weighted by Gasteiger charge is -2.29. The van der Waals surface area contributed by atoms with Gasteiger partial charge in [-0.05, 0) is 48.5 Å². The number of phenolic OH excluding ortho intramolecular Hbond substituents is 1. The third-order valence-corrected chi connectivity index (χ3v) is 6.82. The maximum Gasteiger partial charge on any atom is 0.261 e. The molecule has 9 heteroatoms. The van der Waals surface area contributed by atoms with E-state index in [-0.39, 0.29) is 10.6 Å². The van der Waals surface area contributed by atoms with Gasteiger partial charge < -0.3 is 24.8 Å². The number of nitrogens with zero attached hydrogens (tertiary/aromatic N) is 1. The average Bonchev–Trinajstić information content (AvgIpc) is 2.84. The lowest BCUT2D eigenvalue weighted by Crippen LogP contribution is -2.36. The fourth-order valence-electron chi connectivity index (χ4n) is 3.63. The summed E-state index contributed by atoms with van der Waals surface area (Å²) in [5.74, 6) is 0.481. The van der Waals surface area contributed by atoms with Gasteiger partial charge >= 0.3 is 0 Å². The van der Waals surface area contributed by atoms with Gasteiger partial charge in [-0.1, -0.05) is 18.2 Å². The molecule has 0 radical (unpaired) electrons. The quantitative estimate of drug-likeness (QED) is 0.463. The van der Waals surface area contributed by atoms with Crippen LogP contribution < -0.4 is 19.7 Å². The zero-order chi connectivity index (χ0) is 23.3. The maximum absolute atomic E-state index is 12.9. The Balaban J connectivity index is 1.42. The topological polar surface area (TPSA) is 100 Å². The molecule has 1 fully saturated rings. The van der Waals surface area contributed by atoms with Crippen molar-refractivity contribution in [2.24, 2.45) is 0 Å². The first kappa shape index (κ1) is 22.8. The highest BCUT2D eigenvalue weighted by Gasteiger charge is 2.16. The Morgan fingerprint density at radius 2 is 1.73 bits per heavy atom. The lowest BCUT2D eigenvalue weighted by molar-refractivity contribution is 0.122. The summed E-state index contributed by atoms with van der Waals surface area (Å²) in [6, 6.07) is 19.1. The van der Waals surface area contributed by atoms with Crippen LogP contribution in [0.1, 0.15) is 5.56 Å². The number of rotatable bonds is 8. The Labute approximate surface area is 193 Å². The van der Waals surface area contributed by atoms with Gasteiger partial charge in [0.2, 0.25) is 0 Å². The molecule has 3 aromatic carbocycles. The number of phenols is 1. The highest BCUT2D eigenvalue weighted by Crippen LogP contribution is 2.30. The molecule has 1 heterocycles. The van der Waals surface area contributed by atoms with Gasteiger partial charge in [-0.15, -0.1) is 0 Å². The molecule has 3 N–H and O–H groups in total. The van der Waals surface area contributed by atoms with Gasteiger partial charge in [0, 0.05) is 36.6 Å². The number of aromatic hydroxyl groups is 1. The predicted molar refractivity (Wildman–Crippen MR) is 129 cm³/mol. The fourth-order valence-corrected chi connectivity index (χ4v) is 4.68. The van der Waals surface area contributed by atoms with E-state index in [1.54, 1.807) is 48.5 Å². The number of anilines is 3. The van der Waals surface area contributed by atoms with E-state index in [0.717, 1.165) is 24.5 Å². The van der Waals surface area contributed by atoms with Crippen LogP contribution in [0.25, 0.3) is 0 Å². The number of sulfonamides is 1. The normalized spacial score (nSPS) is 14.0. The molecular weight excluding hydrogens is 442 g/mol. The number of hydrogen-bond donors (Lipinski definition) is 3. The zero-order valence-corrected chi connectivity index (χ0v) is 19.1. The van der Waals surface area contributed by atoms with E-state index >= 15 is 0 Å². The second-order valence-corrected chi connectivity index (χ2v) is 9.28. The highest BCUT2D eigenvalue weighted by atomic mass is 32.2. The zero-order valence-electron chi connectivity index (χ0n) is 18.3. The Bertz CT molecular complexity index is 1190. The number of hydrogen-bond acceptors (Lipinski definition) is 7. The van der Waals surface area contributed by atoms with Gasteiger partial charge in [0.25, 0.3) is 10.0 Å². The van der Waals surface area contributed by atoms with E-state index in [9.17, 15) is 13.5 Å². The predicted octanol–water partition coefficient (Wildman–Crippen LogP) is 3.65. The molecule has 0 unspecified atom stereocenters. The number of morpholine rings is 1. The number of para-hydroxylation sites is 1. The monoisotopic (exact) mass is 469 g/mol. The van der Waals surface area contributed by atoms with Gasteiger partial charge in [0.15, 0.2) is 11.5 Å². The lowest BCUT2D eigenvalue weighted by atomic mass is 10.2. The smallest absolute Gasteiger partial charge is 0.261 e. The minimum absolute atomic E-state index is 0.0789. The van der Waals surface area contributed by atoms with Crippen molar-refractivity contribution in [3.63, 3.8) is 0 Å². The molecular formula is C24H27N3O5S. The van der Waals surface area contributed by atoms with Crippen LogP contribution in [0.4, 0.5) is 17.1 Å². The molecule has 4 rings (SSSR count). The molecule has 174 valence electrons. The second-order valence-electron chi connectivity index (χ2n) is 7.60. The van der Waals surface area contributed by atoms with Gasteiger partial charge in [0.05, 0.1) is 30.9 Å². The molecule has 0 bridgehead atoms. The average molecular weight is 470 g/mol. The Morgan fingerprint density at radius 1 is 1.00 bits per heavy atom. The molecule has 8 nitrogen and oxygen atoms in total. The van der Waals surface area contributed by atoms with Gasteiger partial charge in [-0.25, -0.2) is 8.42 Å². The van der Waals surface area contributed by atoms with E-state index in [1.807, 2.05) is 18.2 Å². The van der Waals surface area contributed by atoms with Crippen LogP contribution >= 0.6 is 0 Å². The van der Waals surface area contributed by atoms with Crippen molar-refractivity contribution < 1.29 is 23.0 Å². The van der Waals surface area contributed by atoms with Crippen LogP contribution in [0.5, 0.6) is 11.5 Å². The molecule has 0 aliphatic carbocycles. The summed E-state index contributed by atoms with van der Waals surface area (Å²) in [6.45, 7) is 3.24. The molecule has 33 heavy (non-hydrogen) atoms. The van der Waals surface area contributed by atoms with Crippen molar-refractivity contribution in [2.75, 3.05) is 48.4 Å². The molecule has 1 aliphatic rings. The summed E-state index contributed by atoms with van der Waals surface area (Å²) in [4.78, 5) is 2.33. The summed E-state index contributed by atoms with van der Waals surface area (Å²) in [5.41, 5.74) is 2.87. The molecule has 0 spiro atoms. The van der Waals surface area contributed by atoms with Gasteiger partial charge in [-0.2, -0.15) is 0 Å². The van der Waals surface area contributed by atoms with Crippen molar-refractivity contribution in [3.05, 3.63) is 72.3 Å². The number of methoxy groups -OCH3 is 1. The molecule has 0 atom stereocenters. The van der Waals surface area contributed by atoms with Gasteiger partial charge in [-0.3, -0.25) is 4.72 Å². The maximum atomic E-state index is 12.9. The van der Waals surface area contributed by atoms with Crippen molar-refractivity contribution >= 4 is 27.1 Å². The summed E-state index contributed by atoms with van der Waals surface area (Å²) in [5, 5.41) is 13.4. The van der Waals surface area contributed by atoms with Crippen LogP contribution in [0.15, 0.2) is 71.6 Å². The minimum Gasteiger partial charge on any atom is -0.504 e. The van der Waals surface area contributed by atoms with Crippen molar-refractivity contribution in [1.82, 2.24) is 0 Å². The fraction of sp³-hybridized carbons (Fsp3) is 0.250. The summed E-state index contributed by atoms with van der Waals surface area (Å²) >= 11 is 0. The summed E-state index contributed by atoms with van der Waals surface area (Å²) in [6.07, 6.45) is 0. The highest BCUT2D eigenvalue weighted by molar-refractivity contribution is 7.92. The third kappa shape index (κ3) is 5.50. The number of benzene rings is 3. The van der Waals surface area contributed by atoms with E-state index in [4.69, 9.17) is 9.47 Å². The van der Waals surface area contributed by atoms with Crippen LogP contribution in [0, 0.1) is 0 Å². The van der Waals surface area contributed by atoms with Crippen molar-refractivity contribution in [3.8, 4) is 11.5 Å². The Hall–Kier alpha value is -3.43. The molecule has 0 saturated carbocycles. The second kappa shape index (κ2) is 10.0. The Kier molecular flexibility index (Phi) is 6.90. The molecule has 0 amide bonds. The van der Waals surface area contributed by atoms with Crippen LogP contribution in [0.2, 0.25) is 0 Å². The van der Waals surface area contributed by atoms with Crippen LogP contribution in [-0.4, -0.2) is 46.9 Å². The standard InChI is InChI=1S/C24H27N3O5S/c1-31-23-7-2-4-18(24(23)28)17-25-19-8-10-22(11-9-19)33(29,30)26-20-5-3-6-21(16-20)27-12-14-32-15-13-27/h2-11,16,25-26,28H,12-15,17H2,1H3. The molecule has 0 aromatic heterocycles.